The molecule has 1 fully saturated rings. The van der Waals surface area contributed by atoms with Gasteiger partial charge in [0.15, 0.2) is 11.3 Å². The van der Waals surface area contributed by atoms with Crippen LogP contribution in [-0.4, -0.2) is 41.5 Å². The molecule has 154 valence electrons. The minimum atomic E-state index is -0.282. The van der Waals surface area contributed by atoms with Gasteiger partial charge in [-0.1, -0.05) is 13.8 Å². The fraction of sp³-hybridized carbons (Fsp3) is 0.364. The van der Waals surface area contributed by atoms with Gasteiger partial charge in [-0.3, -0.25) is 4.79 Å². The summed E-state index contributed by atoms with van der Waals surface area (Å²) in [6.07, 6.45) is 0. The molecule has 0 bridgehead atoms. The molecule has 1 aliphatic heterocycles. The summed E-state index contributed by atoms with van der Waals surface area (Å²) >= 11 is 0. The zero-order valence-electron chi connectivity index (χ0n) is 16.7. The Kier molecular flexibility index (Phi) is 6.24. The van der Waals surface area contributed by atoms with Crippen LogP contribution in [0.3, 0.4) is 0 Å². The number of hydrogen-bond donors (Lipinski definition) is 1. The van der Waals surface area contributed by atoms with Crippen molar-refractivity contribution >= 4 is 29.4 Å². The highest BCUT2D eigenvalue weighted by molar-refractivity contribution is 5.96. The lowest BCUT2D eigenvalue weighted by molar-refractivity contribution is 0.0679. The van der Waals surface area contributed by atoms with Crippen LogP contribution in [0, 0.1) is 5.82 Å². The van der Waals surface area contributed by atoms with Crippen LogP contribution >= 0.6 is 12.4 Å². The van der Waals surface area contributed by atoms with E-state index in [9.17, 15) is 9.18 Å². The molecular weight excluding hydrogens is 393 g/mol. The van der Waals surface area contributed by atoms with Crippen LogP contribution in [0.15, 0.2) is 40.8 Å². The molecule has 1 saturated heterocycles. The van der Waals surface area contributed by atoms with E-state index in [4.69, 9.17) is 4.42 Å². The van der Waals surface area contributed by atoms with E-state index >= 15 is 0 Å². The van der Waals surface area contributed by atoms with Gasteiger partial charge in [0.25, 0.3) is 5.91 Å². The molecule has 0 radical (unpaired) electrons. The number of nitrogens with zero attached hydrogens (tertiary/aromatic N) is 2. The highest BCUT2D eigenvalue weighted by Crippen LogP contribution is 2.32. The number of benzene rings is 1. The average Bonchev–Trinajstić information content (AvgIpc) is 3.11. The van der Waals surface area contributed by atoms with Crippen LogP contribution in [0.4, 0.5) is 4.39 Å². The minimum Gasteiger partial charge on any atom is -0.449 e. The fourth-order valence-electron chi connectivity index (χ4n) is 3.62. The van der Waals surface area contributed by atoms with Gasteiger partial charge in [0, 0.05) is 42.9 Å². The number of rotatable bonds is 3. The molecule has 7 heteroatoms. The van der Waals surface area contributed by atoms with E-state index in [1.807, 2.05) is 11.0 Å². The Morgan fingerprint density at radius 2 is 2.00 bits per heavy atom. The van der Waals surface area contributed by atoms with E-state index in [-0.39, 0.29) is 36.1 Å². The Morgan fingerprint density at radius 3 is 2.66 bits per heavy atom. The van der Waals surface area contributed by atoms with Crippen LogP contribution in [0.25, 0.3) is 22.4 Å². The first-order chi connectivity index (χ1) is 13.4. The standard InChI is InChI=1S/C22H24FN3O2.ClH/c1-13(2)17-10-18(15-4-6-16(23)7-5-15)25-19-11-20(28-21(17)19)22(27)26-9-8-24-14(3)12-26;/h4-7,10-11,13-14,24H,8-9,12H2,1-3H3;1H/t14-;/m0./s1. The molecule has 0 saturated carbocycles. The number of nitrogens with one attached hydrogen (secondary N) is 1. The van der Waals surface area contributed by atoms with E-state index in [2.05, 4.69) is 31.1 Å². The van der Waals surface area contributed by atoms with E-state index in [0.29, 0.717) is 29.9 Å². The third-order valence-electron chi connectivity index (χ3n) is 5.14. The number of fused-ring (bicyclic) bond motifs is 1. The minimum absolute atomic E-state index is 0. The van der Waals surface area contributed by atoms with Gasteiger partial charge in [-0.2, -0.15) is 0 Å². The summed E-state index contributed by atoms with van der Waals surface area (Å²) in [4.78, 5) is 19.4. The lowest BCUT2D eigenvalue weighted by Crippen LogP contribution is -2.51. The van der Waals surface area contributed by atoms with Crippen molar-refractivity contribution in [1.29, 1.82) is 0 Å². The maximum absolute atomic E-state index is 13.3. The number of halogens is 2. The van der Waals surface area contributed by atoms with Gasteiger partial charge in [-0.15, -0.1) is 12.4 Å². The SMILES string of the molecule is CC(C)c1cc(-c2ccc(F)cc2)nc2cc(C(=O)N3CCN[C@@H](C)C3)oc12.Cl. The number of amides is 1. The zero-order valence-corrected chi connectivity index (χ0v) is 17.6. The Hall–Kier alpha value is -2.44. The summed E-state index contributed by atoms with van der Waals surface area (Å²) < 4.78 is 19.3. The average molecular weight is 418 g/mol. The van der Waals surface area contributed by atoms with Crippen LogP contribution in [0.2, 0.25) is 0 Å². The monoisotopic (exact) mass is 417 g/mol. The zero-order chi connectivity index (χ0) is 19.8. The Bertz CT molecular complexity index is 1020. The summed E-state index contributed by atoms with van der Waals surface area (Å²) in [7, 11) is 0. The lowest BCUT2D eigenvalue weighted by atomic mass is 10.00. The molecule has 29 heavy (non-hydrogen) atoms. The second-order valence-electron chi connectivity index (χ2n) is 7.69. The quantitative estimate of drug-likeness (QED) is 0.675. The van der Waals surface area contributed by atoms with Crippen LogP contribution in [0.1, 0.15) is 42.8 Å². The maximum Gasteiger partial charge on any atom is 0.289 e. The fourth-order valence-corrected chi connectivity index (χ4v) is 3.62. The summed E-state index contributed by atoms with van der Waals surface area (Å²) in [6.45, 7) is 8.30. The molecule has 1 aliphatic rings. The lowest BCUT2D eigenvalue weighted by Gasteiger charge is -2.31. The van der Waals surface area contributed by atoms with E-state index in [1.54, 1.807) is 18.2 Å². The van der Waals surface area contributed by atoms with Gasteiger partial charge in [-0.25, -0.2) is 9.37 Å². The smallest absolute Gasteiger partial charge is 0.289 e. The maximum atomic E-state index is 13.3. The van der Waals surface area contributed by atoms with Gasteiger partial charge in [0.05, 0.1) is 5.69 Å². The van der Waals surface area contributed by atoms with Gasteiger partial charge in [-0.05, 0) is 43.2 Å². The number of carbonyl (C=O) groups is 1. The Balaban J connectivity index is 0.00000240. The number of hydrogen-bond acceptors (Lipinski definition) is 4. The third kappa shape index (κ3) is 4.28. The Labute approximate surface area is 175 Å². The Morgan fingerprint density at radius 1 is 1.28 bits per heavy atom. The van der Waals surface area contributed by atoms with E-state index < -0.39 is 0 Å². The van der Waals surface area contributed by atoms with Crippen molar-refractivity contribution in [2.45, 2.75) is 32.7 Å². The van der Waals surface area contributed by atoms with E-state index in [1.165, 1.54) is 12.1 Å². The van der Waals surface area contributed by atoms with Crippen LogP contribution in [0.5, 0.6) is 0 Å². The second-order valence-corrected chi connectivity index (χ2v) is 7.69. The largest absolute Gasteiger partial charge is 0.449 e. The van der Waals surface area contributed by atoms with Crippen molar-refractivity contribution in [2.75, 3.05) is 19.6 Å². The number of carbonyl (C=O) groups excluding carboxylic acids is 1. The molecule has 1 N–H and O–H groups in total. The number of aromatic nitrogens is 1. The molecule has 0 spiro atoms. The highest BCUT2D eigenvalue weighted by atomic mass is 35.5. The van der Waals surface area contributed by atoms with Crippen LogP contribution in [-0.2, 0) is 0 Å². The molecule has 1 atom stereocenters. The first-order valence-electron chi connectivity index (χ1n) is 9.65. The molecule has 3 aromatic rings. The van der Waals surface area contributed by atoms with Crippen molar-refractivity contribution in [2.24, 2.45) is 0 Å². The van der Waals surface area contributed by atoms with E-state index in [0.717, 1.165) is 23.4 Å². The topological polar surface area (TPSA) is 58.4 Å². The predicted molar refractivity (Wildman–Crippen MR) is 114 cm³/mol. The summed E-state index contributed by atoms with van der Waals surface area (Å²) in [6, 6.07) is 10.2. The van der Waals surface area contributed by atoms with Gasteiger partial charge in [0.2, 0.25) is 0 Å². The number of pyridine rings is 1. The molecule has 1 amide bonds. The van der Waals surface area contributed by atoms with Gasteiger partial charge in [0.1, 0.15) is 11.3 Å². The molecule has 0 unspecified atom stereocenters. The van der Waals surface area contributed by atoms with Crippen molar-refractivity contribution < 1.29 is 13.6 Å². The second kappa shape index (κ2) is 8.51. The third-order valence-corrected chi connectivity index (χ3v) is 5.14. The van der Waals surface area contributed by atoms with Crippen molar-refractivity contribution in [3.05, 3.63) is 53.5 Å². The number of piperazine rings is 1. The first-order valence-corrected chi connectivity index (χ1v) is 9.65. The van der Waals surface area contributed by atoms with Crippen molar-refractivity contribution in [3.63, 3.8) is 0 Å². The summed E-state index contributed by atoms with van der Waals surface area (Å²) in [5, 5.41) is 3.33. The van der Waals surface area contributed by atoms with Crippen LogP contribution < -0.4 is 5.32 Å². The molecule has 4 rings (SSSR count). The molecular formula is C22H25ClFN3O2. The highest BCUT2D eigenvalue weighted by Gasteiger charge is 2.25. The van der Waals surface area contributed by atoms with Crippen molar-refractivity contribution in [3.8, 4) is 11.3 Å². The molecule has 2 aromatic heterocycles. The first kappa shape index (κ1) is 21.3. The number of furan rings is 1. The summed E-state index contributed by atoms with van der Waals surface area (Å²) in [5.74, 6) is 0.118. The normalized spacial score (nSPS) is 16.9. The molecule has 3 heterocycles. The summed E-state index contributed by atoms with van der Waals surface area (Å²) in [5.41, 5.74) is 3.85. The molecule has 0 aliphatic carbocycles. The van der Waals surface area contributed by atoms with Gasteiger partial charge >= 0.3 is 0 Å². The van der Waals surface area contributed by atoms with Gasteiger partial charge < -0.3 is 14.6 Å². The van der Waals surface area contributed by atoms with Crippen molar-refractivity contribution in [1.82, 2.24) is 15.2 Å². The molecule has 1 aromatic carbocycles. The predicted octanol–water partition coefficient (Wildman–Crippen LogP) is 4.61. The molecule has 5 nitrogen and oxygen atoms in total.